The lowest BCUT2D eigenvalue weighted by Gasteiger charge is -2.33. The Balaban J connectivity index is 0.000000302. The fraction of sp³-hybridized carbons (Fsp3) is 0.360. The first-order valence-corrected chi connectivity index (χ1v) is 11.9. The second-order valence-electron chi connectivity index (χ2n) is 8.59. The van der Waals surface area contributed by atoms with E-state index in [0.717, 1.165) is 30.8 Å². The largest absolute Gasteiger partial charge is 0.481 e. The first-order chi connectivity index (χ1) is 16.8. The number of Topliss-reactive ketones (excluding diaryl/α,β-unsaturated/α-hetero) is 1. The van der Waals surface area contributed by atoms with Crippen molar-refractivity contribution in [2.24, 2.45) is 0 Å². The molecule has 1 aliphatic heterocycles. The highest BCUT2D eigenvalue weighted by molar-refractivity contribution is 7.99. The van der Waals surface area contributed by atoms with Gasteiger partial charge < -0.3 is 30.2 Å². The van der Waals surface area contributed by atoms with Crippen molar-refractivity contribution >= 4 is 46.8 Å². The number of carboxylic acid groups (broad SMARTS) is 3. The van der Waals surface area contributed by atoms with Gasteiger partial charge in [0.1, 0.15) is 0 Å². The smallest absolute Gasteiger partial charge is 0.336 e. The zero-order chi connectivity index (χ0) is 27.0. The summed E-state index contributed by atoms with van der Waals surface area (Å²) in [5.41, 5.74) is 0.434. The molecule has 1 aliphatic rings. The monoisotopic (exact) mass is 518 g/mol. The maximum atomic E-state index is 11.8. The van der Waals surface area contributed by atoms with Crippen LogP contribution in [0.3, 0.4) is 0 Å². The number of carbonyl (C=O) groups is 4. The number of fused-ring (bicyclic) bond motifs is 2. The number of carboxylic acids is 3. The number of hydrogen-bond donors (Lipinski definition) is 4. The van der Waals surface area contributed by atoms with E-state index in [-0.39, 0.29) is 5.78 Å². The van der Waals surface area contributed by atoms with E-state index in [2.05, 4.69) is 54.2 Å². The van der Waals surface area contributed by atoms with Crippen LogP contribution in [-0.4, -0.2) is 81.8 Å². The van der Waals surface area contributed by atoms with Gasteiger partial charge in [-0.2, -0.15) is 0 Å². The summed E-state index contributed by atoms with van der Waals surface area (Å²) >= 11 is 1.78. The third-order valence-corrected chi connectivity index (χ3v) is 6.43. The fourth-order valence-corrected chi connectivity index (χ4v) is 4.62. The van der Waals surface area contributed by atoms with E-state index in [9.17, 15) is 19.2 Å². The van der Waals surface area contributed by atoms with Crippen LogP contribution in [-0.2, 0) is 14.4 Å². The highest BCUT2D eigenvalue weighted by Gasteiger charge is 2.40. The number of rotatable bonds is 10. The number of aliphatic hydroxyl groups is 1. The minimum absolute atomic E-state index is 0.116. The molecule has 1 heterocycles. The highest BCUT2D eigenvalue weighted by atomic mass is 32.2. The van der Waals surface area contributed by atoms with Gasteiger partial charge in [0.15, 0.2) is 11.4 Å². The summed E-state index contributed by atoms with van der Waals surface area (Å²) < 4.78 is 0. The summed E-state index contributed by atoms with van der Waals surface area (Å²) in [7, 11) is 4.20. The average molecular weight is 519 g/mol. The van der Waals surface area contributed by atoms with Crippen LogP contribution < -0.4 is 4.90 Å². The van der Waals surface area contributed by atoms with Crippen LogP contribution in [0.25, 0.3) is 0 Å². The van der Waals surface area contributed by atoms with Gasteiger partial charge in [-0.25, -0.2) is 4.79 Å². The Morgan fingerprint density at radius 1 is 0.917 bits per heavy atom. The van der Waals surface area contributed by atoms with Crippen molar-refractivity contribution < 1.29 is 39.6 Å². The fourth-order valence-electron chi connectivity index (χ4n) is 3.55. The van der Waals surface area contributed by atoms with E-state index in [0.29, 0.717) is 0 Å². The van der Waals surface area contributed by atoms with Crippen LogP contribution in [0, 0.1) is 0 Å². The Hall–Kier alpha value is -3.41. The van der Waals surface area contributed by atoms with E-state index in [4.69, 9.17) is 20.4 Å². The molecule has 2 aromatic rings. The van der Waals surface area contributed by atoms with E-state index >= 15 is 0 Å². The minimum atomic E-state index is -2.74. The molecule has 10 nitrogen and oxygen atoms in total. The van der Waals surface area contributed by atoms with E-state index in [1.165, 1.54) is 15.5 Å². The molecule has 0 atom stereocenters. The zero-order valence-electron chi connectivity index (χ0n) is 20.3. The van der Waals surface area contributed by atoms with Gasteiger partial charge in [0, 0.05) is 21.9 Å². The minimum Gasteiger partial charge on any atom is -0.481 e. The summed E-state index contributed by atoms with van der Waals surface area (Å²) in [5.74, 6) is -4.90. The molecule has 0 spiro atoms. The lowest BCUT2D eigenvalue weighted by Crippen LogP contribution is -2.42. The molecule has 0 aliphatic carbocycles. The third kappa shape index (κ3) is 7.80. The van der Waals surface area contributed by atoms with Crippen LogP contribution in [0.2, 0.25) is 0 Å². The molecule has 0 saturated heterocycles. The topological polar surface area (TPSA) is 156 Å². The standard InChI is InChI=1S/C19H22N2OS.C6H8O7/c1-14(22)15-9-10-19-17(13-15)21(12-6-11-20(2)3)16-7-4-5-8-18(16)23-19;7-3(8)1-6(13,5(11)12)2-4(9)10/h4-5,7-10,13H,6,11-12H2,1-3H3;13H,1-2H2,(H,7,8)(H,9,10)(H,11,12). The number of carbonyl (C=O) groups excluding carboxylic acids is 1. The molecule has 194 valence electrons. The quantitative estimate of drug-likeness (QED) is 0.343. The molecule has 3 rings (SSSR count). The van der Waals surface area contributed by atoms with Crippen molar-refractivity contribution in [1.29, 1.82) is 0 Å². The molecular formula is C25H30N2O8S. The van der Waals surface area contributed by atoms with Gasteiger partial charge in [-0.3, -0.25) is 14.4 Å². The Labute approximate surface area is 213 Å². The van der Waals surface area contributed by atoms with Gasteiger partial charge >= 0.3 is 17.9 Å². The van der Waals surface area contributed by atoms with E-state index in [1.54, 1.807) is 18.7 Å². The predicted molar refractivity (Wildman–Crippen MR) is 134 cm³/mol. The molecule has 0 radical (unpaired) electrons. The van der Waals surface area contributed by atoms with E-state index < -0.39 is 36.4 Å². The number of hydrogen-bond acceptors (Lipinski definition) is 8. The molecule has 0 fully saturated rings. The molecule has 0 aromatic heterocycles. The second-order valence-corrected chi connectivity index (χ2v) is 9.68. The Kier molecular flexibility index (Phi) is 10.0. The van der Waals surface area contributed by atoms with Crippen LogP contribution in [0.4, 0.5) is 11.4 Å². The van der Waals surface area contributed by atoms with E-state index in [1.807, 2.05) is 12.1 Å². The first kappa shape index (κ1) is 28.8. The SMILES string of the molecule is CC(=O)c1ccc2c(c1)N(CCCN(C)C)c1ccccc1S2.O=C(O)CC(O)(CC(=O)O)C(=O)O. The summed E-state index contributed by atoms with van der Waals surface area (Å²) in [6.45, 7) is 3.62. The van der Waals surface area contributed by atoms with Crippen molar-refractivity contribution in [2.45, 2.75) is 41.6 Å². The number of nitrogens with zero attached hydrogens (tertiary/aromatic N) is 2. The molecule has 4 N–H and O–H groups in total. The normalized spacial score (nSPS) is 12.2. The molecule has 11 heteroatoms. The van der Waals surface area contributed by atoms with Crippen LogP contribution in [0.5, 0.6) is 0 Å². The molecule has 0 saturated carbocycles. The molecule has 36 heavy (non-hydrogen) atoms. The van der Waals surface area contributed by atoms with Crippen molar-refractivity contribution in [3.05, 3.63) is 48.0 Å². The maximum Gasteiger partial charge on any atom is 0.336 e. The van der Waals surface area contributed by atoms with Crippen molar-refractivity contribution in [3.8, 4) is 0 Å². The van der Waals surface area contributed by atoms with Gasteiger partial charge in [0.2, 0.25) is 0 Å². The zero-order valence-corrected chi connectivity index (χ0v) is 21.1. The predicted octanol–water partition coefficient (Wildman–Crippen LogP) is 3.20. The van der Waals surface area contributed by atoms with Crippen molar-refractivity contribution in [1.82, 2.24) is 4.90 Å². The lowest BCUT2D eigenvalue weighted by molar-refractivity contribution is -0.170. The lowest BCUT2D eigenvalue weighted by atomic mass is 9.96. The molecule has 2 aromatic carbocycles. The average Bonchev–Trinajstić information content (AvgIpc) is 2.77. The molecule has 0 amide bonds. The van der Waals surface area contributed by atoms with Gasteiger partial charge in [-0.1, -0.05) is 30.0 Å². The second kappa shape index (κ2) is 12.5. The maximum absolute atomic E-state index is 11.8. The molecular weight excluding hydrogens is 488 g/mol. The molecule has 0 bridgehead atoms. The van der Waals surface area contributed by atoms with Crippen LogP contribution in [0.1, 0.15) is 36.5 Å². The number of anilines is 2. The first-order valence-electron chi connectivity index (χ1n) is 11.1. The van der Waals surface area contributed by atoms with Gasteiger partial charge in [0.05, 0.1) is 24.2 Å². The van der Waals surface area contributed by atoms with Crippen molar-refractivity contribution in [3.63, 3.8) is 0 Å². The number of benzene rings is 2. The molecule has 0 unspecified atom stereocenters. The third-order valence-electron chi connectivity index (χ3n) is 5.30. The summed E-state index contributed by atoms with van der Waals surface area (Å²) in [6, 6.07) is 14.5. The van der Waals surface area contributed by atoms with Gasteiger partial charge in [-0.05, 0) is 58.3 Å². The summed E-state index contributed by atoms with van der Waals surface area (Å²) in [6.07, 6.45) is -1.21. The highest BCUT2D eigenvalue weighted by Crippen LogP contribution is 2.48. The van der Waals surface area contributed by atoms with Crippen molar-refractivity contribution in [2.75, 3.05) is 32.1 Å². The summed E-state index contributed by atoms with van der Waals surface area (Å²) in [5, 5.41) is 33.8. The Bertz CT molecular complexity index is 1120. The Morgan fingerprint density at radius 2 is 1.50 bits per heavy atom. The number of aliphatic carboxylic acids is 3. The Morgan fingerprint density at radius 3 is 2.03 bits per heavy atom. The number of para-hydroxylation sites is 1. The summed E-state index contributed by atoms with van der Waals surface area (Å²) in [4.78, 5) is 49.3. The number of ketones is 1. The van der Waals surface area contributed by atoms with Crippen LogP contribution >= 0.6 is 11.8 Å². The van der Waals surface area contributed by atoms with Gasteiger partial charge in [0.25, 0.3) is 0 Å². The van der Waals surface area contributed by atoms with Gasteiger partial charge in [-0.15, -0.1) is 0 Å². The van der Waals surface area contributed by atoms with Crippen LogP contribution in [0.15, 0.2) is 52.3 Å².